The number of morpholine rings is 1. The summed E-state index contributed by atoms with van der Waals surface area (Å²) in [6.45, 7) is 10.6. The van der Waals surface area contributed by atoms with Crippen molar-refractivity contribution in [2.45, 2.75) is 64.1 Å². The first-order valence-corrected chi connectivity index (χ1v) is 14.3. The Balaban J connectivity index is 1.18. The number of nitrogens with zero attached hydrogens (tertiary/aromatic N) is 7. The molecule has 4 aromatic heterocycles. The van der Waals surface area contributed by atoms with Gasteiger partial charge in [0, 0.05) is 54.7 Å². The third-order valence-electron chi connectivity index (χ3n) is 9.32. The molecule has 0 aromatic carbocycles. The lowest BCUT2D eigenvalue weighted by molar-refractivity contribution is 0.0151. The van der Waals surface area contributed by atoms with E-state index in [1.807, 2.05) is 41.5 Å². The second-order valence-electron chi connectivity index (χ2n) is 11.4. The molecule has 0 amide bonds. The Bertz CT molecular complexity index is 1410. The Hall–Kier alpha value is -3.10. The van der Waals surface area contributed by atoms with E-state index in [1.54, 1.807) is 0 Å². The Kier molecular flexibility index (Phi) is 6.04. The van der Waals surface area contributed by atoms with Gasteiger partial charge in [-0.2, -0.15) is 10.2 Å². The number of fused-ring (bicyclic) bond motifs is 2. The van der Waals surface area contributed by atoms with E-state index < -0.39 is 0 Å². The van der Waals surface area contributed by atoms with Crippen molar-refractivity contribution in [3.63, 3.8) is 0 Å². The predicted octanol–water partition coefficient (Wildman–Crippen LogP) is 5.09. The van der Waals surface area contributed by atoms with Gasteiger partial charge < -0.3 is 4.74 Å². The summed E-state index contributed by atoms with van der Waals surface area (Å²) in [5, 5.41) is 9.85. The molecule has 8 heteroatoms. The Labute approximate surface area is 224 Å². The standard InChI is InChI=1S/C30H37N7O/c1-4-19(2)36-29(30-23-14-22(15-24(23)30)35-9-11-38-12-10-35)16-26(34-36)21-13-28-27(32-17-21)18-33-37(28)20(3)25-7-5-6-8-31-25/h5-8,13,16-20,22-24,30H,4,9-12,14-15H2,1-3H3. The van der Waals surface area contributed by atoms with Crippen LogP contribution in [0.1, 0.15) is 69.4 Å². The highest BCUT2D eigenvalue weighted by Gasteiger charge is 2.58. The van der Waals surface area contributed by atoms with Crippen molar-refractivity contribution in [1.29, 1.82) is 0 Å². The molecule has 5 heterocycles. The molecule has 7 rings (SSSR count). The number of pyridine rings is 2. The molecule has 4 unspecified atom stereocenters. The lowest BCUT2D eigenvalue weighted by Crippen LogP contribution is -2.43. The Morgan fingerprint density at radius 3 is 2.55 bits per heavy atom. The normalized spacial score (nSPS) is 26.9. The zero-order chi connectivity index (χ0) is 25.8. The summed E-state index contributed by atoms with van der Waals surface area (Å²) in [6, 6.07) is 11.7. The molecule has 38 heavy (non-hydrogen) atoms. The molecule has 0 N–H and O–H groups in total. The van der Waals surface area contributed by atoms with Gasteiger partial charge in [0.05, 0.1) is 42.4 Å². The molecule has 0 bridgehead atoms. The van der Waals surface area contributed by atoms with Gasteiger partial charge in [0.2, 0.25) is 0 Å². The minimum Gasteiger partial charge on any atom is -0.379 e. The van der Waals surface area contributed by atoms with E-state index in [0.29, 0.717) is 12.0 Å². The van der Waals surface area contributed by atoms with Crippen molar-refractivity contribution in [2.24, 2.45) is 11.8 Å². The van der Waals surface area contributed by atoms with Crippen molar-refractivity contribution in [3.05, 3.63) is 60.3 Å². The maximum Gasteiger partial charge on any atom is 0.108 e. The van der Waals surface area contributed by atoms with Gasteiger partial charge in [-0.1, -0.05) is 13.0 Å². The SMILES string of the molecule is CCC(C)n1nc(-c2cnc3cnn(C(C)c4ccccn4)c3c2)cc1C1C2CC(N3CCOCC3)CC21. The first kappa shape index (κ1) is 24.0. The largest absolute Gasteiger partial charge is 0.379 e. The van der Waals surface area contributed by atoms with E-state index in [2.05, 4.69) is 52.6 Å². The monoisotopic (exact) mass is 511 g/mol. The van der Waals surface area contributed by atoms with Crippen LogP contribution in [0.3, 0.4) is 0 Å². The molecule has 0 radical (unpaired) electrons. The first-order valence-electron chi connectivity index (χ1n) is 14.3. The second-order valence-corrected chi connectivity index (χ2v) is 11.4. The molecule has 0 spiro atoms. The molecule has 3 fully saturated rings. The maximum atomic E-state index is 5.58. The van der Waals surface area contributed by atoms with Crippen molar-refractivity contribution < 1.29 is 4.74 Å². The molecule has 198 valence electrons. The van der Waals surface area contributed by atoms with Crippen LogP contribution in [-0.2, 0) is 4.74 Å². The van der Waals surface area contributed by atoms with E-state index in [1.165, 1.54) is 18.5 Å². The second kappa shape index (κ2) is 9.58. The van der Waals surface area contributed by atoms with E-state index in [4.69, 9.17) is 14.8 Å². The summed E-state index contributed by atoms with van der Waals surface area (Å²) in [7, 11) is 0. The molecule has 8 nitrogen and oxygen atoms in total. The summed E-state index contributed by atoms with van der Waals surface area (Å²) in [5.74, 6) is 2.21. The quantitative estimate of drug-likeness (QED) is 0.344. The van der Waals surface area contributed by atoms with Crippen LogP contribution in [0.25, 0.3) is 22.3 Å². The van der Waals surface area contributed by atoms with Crippen LogP contribution in [0, 0.1) is 11.8 Å². The van der Waals surface area contributed by atoms with Gasteiger partial charge in [-0.3, -0.25) is 24.2 Å². The van der Waals surface area contributed by atoms with Gasteiger partial charge in [-0.05, 0) is 69.2 Å². The maximum absolute atomic E-state index is 5.58. The molecule has 4 aromatic rings. The fourth-order valence-electron chi connectivity index (χ4n) is 6.94. The zero-order valence-corrected chi connectivity index (χ0v) is 22.6. The average Bonchev–Trinajstić information content (AvgIpc) is 3.40. The van der Waals surface area contributed by atoms with Crippen LogP contribution in [0.15, 0.2) is 48.9 Å². The van der Waals surface area contributed by atoms with Crippen LogP contribution in [0.2, 0.25) is 0 Å². The molecular formula is C30H37N7O. The topological polar surface area (TPSA) is 73.9 Å². The fraction of sp³-hybridized carbons (Fsp3) is 0.533. The average molecular weight is 512 g/mol. The van der Waals surface area contributed by atoms with Crippen LogP contribution in [-0.4, -0.2) is 66.8 Å². The summed E-state index contributed by atoms with van der Waals surface area (Å²) in [5.41, 5.74) is 6.37. The van der Waals surface area contributed by atoms with E-state index >= 15 is 0 Å². The van der Waals surface area contributed by atoms with Gasteiger partial charge in [0.15, 0.2) is 0 Å². The van der Waals surface area contributed by atoms with Gasteiger partial charge in [-0.15, -0.1) is 0 Å². The van der Waals surface area contributed by atoms with Crippen molar-refractivity contribution in [3.8, 4) is 11.3 Å². The fourth-order valence-corrected chi connectivity index (χ4v) is 6.94. The third-order valence-corrected chi connectivity index (χ3v) is 9.32. The lowest BCUT2D eigenvalue weighted by Gasteiger charge is -2.33. The molecule has 2 saturated carbocycles. The van der Waals surface area contributed by atoms with Crippen LogP contribution >= 0.6 is 0 Å². The van der Waals surface area contributed by atoms with Gasteiger partial charge >= 0.3 is 0 Å². The molecule has 3 aliphatic rings. The zero-order valence-electron chi connectivity index (χ0n) is 22.6. The summed E-state index contributed by atoms with van der Waals surface area (Å²) in [4.78, 5) is 12.0. The van der Waals surface area contributed by atoms with Crippen molar-refractivity contribution in [1.82, 2.24) is 34.4 Å². The molecule has 4 atom stereocenters. The van der Waals surface area contributed by atoms with Crippen LogP contribution < -0.4 is 0 Å². The minimum atomic E-state index is 0.0178. The number of rotatable bonds is 7. The van der Waals surface area contributed by atoms with Crippen LogP contribution in [0.4, 0.5) is 0 Å². The van der Waals surface area contributed by atoms with E-state index in [-0.39, 0.29) is 6.04 Å². The first-order chi connectivity index (χ1) is 18.6. The molecule has 2 aliphatic carbocycles. The minimum absolute atomic E-state index is 0.0178. The van der Waals surface area contributed by atoms with Crippen molar-refractivity contribution >= 4 is 11.0 Å². The van der Waals surface area contributed by atoms with Crippen LogP contribution in [0.5, 0.6) is 0 Å². The third kappa shape index (κ3) is 4.05. The molecule has 1 aliphatic heterocycles. The van der Waals surface area contributed by atoms with Gasteiger partial charge in [0.25, 0.3) is 0 Å². The number of hydrogen-bond donors (Lipinski definition) is 0. The number of hydrogen-bond acceptors (Lipinski definition) is 6. The van der Waals surface area contributed by atoms with E-state index in [9.17, 15) is 0 Å². The summed E-state index contributed by atoms with van der Waals surface area (Å²) >= 11 is 0. The van der Waals surface area contributed by atoms with E-state index in [0.717, 1.165) is 78.6 Å². The predicted molar refractivity (Wildman–Crippen MR) is 147 cm³/mol. The van der Waals surface area contributed by atoms with Gasteiger partial charge in [-0.25, -0.2) is 0 Å². The number of ether oxygens (including phenoxy) is 1. The lowest BCUT2D eigenvalue weighted by atomic mass is 10.0. The Morgan fingerprint density at radius 2 is 1.82 bits per heavy atom. The summed E-state index contributed by atoms with van der Waals surface area (Å²) in [6.07, 6.45) is 9.33. The highest BCUT2D eigenvalue weighted by atomic mass is 16.5. The van der Waals surface area contributed by atoms with Crippen molar-refractivity contribution in [2.75, 3.05) is 26.3 Å². The van der Waals surface area contributed by atoms with Gasteiger partial charge in [0.1, 0.15) is 5.52 Å². The molecular weight excluding hydrogens is 474 g/mol. The highest BCUT2D eigenvalue weighted by Crippen LogP contribution is 2.64. The Morgan fingerprint density at radius 1 is 1.00 bits per heavy atom. The number of aromatic nitrogens is 6. The molecule has 1 saturated heterocycles. The highest BCUT2D eigenvalue weighted by molar-refractivity contribution is 5.79. The summed E-state index contributed by atoms with van der Waals surface area (Å²) < 4.78 is 9.93. The smallest absolute Gasteiger partial charge is 0.108 e.